The second-order valence-corrected chi connectivity index (χ2v) is 9.56. The monoisotopic (exact) mass is 471 g/mol. The molecule has 0 bridgehead atoms. The second kappa shape index (κ2) is 9.30. The smallest absolute Gasteiger partial charge is 0.270 e. The van der Waals surface area contributed by atoms with Gasteiger partial charge in [0.1, 0.15) is 0 Å². The molecule has 0 atom stereocenters. The summed E-state index contributed by atoms with van der Waals surface area (Å²) in [6, 6.07) is 10.1. The number of carbonyl (C=O) groups excluding carboxylic acids is 1. The third-order valence-corrected chi connectivity index (χ3v) is 7.36. The van der Waals surface area contributed by atoms with E-state index in [0.717, 1.165) is 11.6 Å². The molecule has 2 aromatic carbocycles. The minimum atomic E-state index is -3.87. The Hall–Kier alpha value is -2.20. The number of aryl methyl sites for hydroxylation is 1. The van der Waals surface area contributed by atoms with E-state index >= 15 is 0 Å². The zero-order valence-corrected chi connectivity index (χ0v) is 18.2. The maximum atomic E-state index is 12.8. The van der Waals surface area contributed by atoms with Gasteiger partial charge in [0.2, 0.25) is 15.9 Å². The number of piperazine rings is 1. The average molecular weight is 472 g/mol. The first kappa shape index (κ1) is 22.5. The first-order chi connectivity index (χ1) is 14.2. The van der Waals surface area contributed by atoms with Crippen LogP contribution in [-0.4, -0.2) is 54.6 Å². The Morgan fingerprint density at radius 2 is 1.77 bits per heavy atom. The summed E-state index contributed by atoms with van der Waals surface area (Å²) < 4.78 is 26.8. The first-order valence-corrected chi connectivity index (χ1v) is 11.3. The molecular weight excluding hydrogens is 453 g/mol. The van der Waals surface area contributed by atoms with E-state index in [-0.39, 0.29) is 49.1 Å². The number of nitro groups is 1. The number of carbonyl (C=O) groups is 1. The largest absolute Gasteiger partial charge is 0.340 e. The molecular formula is C19H19Cl2N3O5S. The summed E-state index contributed by atoms with van der Waals surface area (Å²) in [6.45, 7) is 0.750. The van der Waals surface area contributed by atoms with E-state index in [1.165, 1.54) is 22.5 Å². The molecule has 3 rings (SSSR count). The lowest BCUT2D eigenvalue weighted by molar-refractivity contribution is -0.385. The van der Waals surface area contributed by atoms with Crippen LogP contribution in [0.15, 0.2) is 47.4 Å². The van der Waals surface area contributed by atoms with Crippen molar-refractivity contribution in [3.63, 3.8) is 0 Å². The molecule has 0 unspecified atom stereocenters. The van der Waals surface area contributed by atoms with Crippen LogP contribution in [0.2, 0.25) is 10.0 Å². The van der Waals surface area contributed by atoms with Crippen molar-refractivity contribution in [2.75, 3.05) is 26.2 Å². The fourth-order valence-corrected chi connectivity index (χ4v) is 5.17. The molecule has 0 spiro atoms. The molecule has 0 N–H and O–H groups in total. The third kappa shape index (κ3) is 5.10. The standard InChI is InChI=1S/C19H19Cl2N3O5S/c20-15-6-4-14(18(21)12-15)5-7-19(25)22-8-10-23(11-9-22)30(28,29)17-3-1-2-16(13-17)24(26)27/h1-4,6,12-13H,5,7-11H2. The van der Waals surface area contributed by atoms with Crippen LogP contribution >= 0.6 is 23.2 Å². The topological polar surface area (TPSA) is 101 Å². The van der Waals surface area contributed by atoms with Crippen LogP contribution in [0.5, 0.6) is 0 Å². The van der Waals surface area contributed by atoms with E-state index in [1.54, 1.807) is 23.1 Å². The molecule has 1 saturated heterocycles. The van der Waals surface area contributed by atoms with E-state index in [2.05, 4.69) is 0 Å². The number of hydrogen-bond acceptors (Lipinski definition) is 5. The Balaban J connectivity index is 1.59. The van der Waals surface area contributed by atoms with Gasteiger partial charge in [-0.25, -0.2) is 8.42 Å². The van der Waals surface area contributed by atoms with E-state index < -0.39 is 14.9 Å². The molecule has 0 radical (unpaired) electrons. The van der Waals surface area contributed by atoms with Gasteiger partial charge in [-0.1, -0.05) is 35.3 Å². The van der Waals surface area contributed by atoms with Crippen molar-refractivity contribution >= 4 is 44.8 Å². The van der Waals surface area contributed by atoms with Gasteiger partial charge in [-0.05, 0) is 30.2 Å². The van der Waals surface area contributed by atoms with Crippen molar-refractivity contribution in [3.05, 3.63) is 68.2 Å². The van der Waals surface area contributed by atoms with Gasteiger partial charge < -0.3 is 4.90 Å². The number of benzene rings is 2. The number of nitrogens with zero attached hydrogens (tertiary/aromatic N) is 3. The molecule has 30 heavy (non-hydrogen) atoms. The number of rotatable bonds is 6. The van der Waals surface area contributed by atoms with Gasteiger partial charge in [-0.2, -0.15) is 4.31 Å². The predicted molar refractivity (Wildman–Crippen MR) is 113 cm³/mol. The Morgan fingerprint density at radius 3 is 2.40 bits per heavy atom. The van der Waals surface area contributed by atoms with E-state index in [9.17, 15) is 23.3 Å². The number of nitro benzene ring substituents is 1. The highest BCUT2D eigenvalue weighted by Gasteiger charge is 2.30. The van der Waals surface area contributed by atoms with Crippen molar-refractivity contribution in [1.82, 2.24) is 9.21 Å². The number of amides is 1. The average Bonchev–Trinajstić information content (AvgIpc) is 2.73. The third-order valence-electron chi connectivity index (χ3n) is 4.88. The fourth-order valence-electron chi connectivity index (χ4n) is 3.21. The summed E-state index contributed by atoms with van der Waals surface area (Å²) >= 11 is 12.0. The summed E-state index contributed by atoms with van der Waals surface area (Å²) in [7, 11) is -3.87. The lowest BCUT2D eigenvalue weighted by Crippen LogP contribution is -2.50. The summed E-state index contributed by atoms with van der Waals surface area (Å²) in [5, 5.41) is 11.9. The number of sulfonamides is 1. The lowest BCUT2D eigenvalue weighted by atomic mass is 10.1. The van der Waals surface area contributed by atoms with Gasteiger partial charge in [0.15, 0.2) is 0 Å². The highest BCUT2D eigenvalue weighted by Crippen LogP contribution is 2.24. The molecule has 1 amide bonds. The van der Waals surface area contributed by atoms with E-state index in [4.69, 9.17) is 23.2 Å². The van der Waals surface area contributed by atoms with Gasteiger partial charge in [-0.3, -0.25) is 14.9 Å². The minimum absolute atomic E-state index is 0.0894. The van der Waals surface area contributed by atoms with Crippen molar-refractivity contribution in [2.24, 2.45) is 0 Å². The van der Waals surface area contributed by atoms with Crippen LogP contribution in [0.1, 0.15) is 12.0 Å². The highest BCUT2D eigenvalue weighted by molar-refractivity contribution is 7.89. The van der Waals surface area contributed by atoms with Crippen molar-refractivity contribution in [3.8, 4) is 0 Å². The van der Waals surface area contributed by atoms with E-state index in [0.29, 0.717) is 16.5 Å². The number of hydrogen-bond donors (Lipinski definition) is 0. The van der Waals surface area contributed by atoms with Gasteiger partial charge in [0.05, 0.1) is 9.82 Å². The molecule has 160 valence electrons. The molecule has 0 aromatic heterocycles. The van der Waals surface area contributed by atoms with Gasteiger partial charge in [0, 0.05) is 54.8 Å². The van der Waals surface area contributed by atoms with Gasteiger partial charge in [0.25, 0.3) is 5.69 Å². The van der Waals surface area contributed by atoms with Crippen LogP contribution in [0.25, 0.3) is 0 Å². The van der Waals surface area contributed by atoms with Crippen molar-refractivity contribution in [1.29, 1.82) is 0 Å². The fraction of sp³-hybridized carbons (Fsp3) is 0.316. The van der Waals surface area contributed by atoms with Crippen molar-refractivity contribution in [2.45, 2.75) is 17.7 Å². The quantitative estimate of drug-likeness (QED) is 0.474. The van der Waals surface area contributed by atoms with E-state index in [1.807, 2.05) is 0 Å². The molecule has 11 heteroatoms. The summed E-state index contributed by atoms with van der Waals surface area (Å²) in [5.41, 5.74) is 0.534. The van der Waals surface area contributed by atoms with Crippen LogP contribution in [0.3, 0.4) is 0 Å². The van der Waals surface area contributed by atoms with Crippen LogP contribution in [-0.2, 0) is 21.2 Å². The number of halogens is 2. The normalized spacial score (nSPS) is 15.2. The van der Waals surface area contributed by atoms with Crippen molar-refractivity contribution < 1.29 is 18.1 Å². The second-order valence-electron chi connectivity index (χ2n) is 6.78. The molecule has 1 aliphatic rings. The molecule has 1 heterocycles. The Kier molecular flexibility index (Phi) is 6.97. The Bertz CT molecular complexity index is 1070. The number of non-ortho nitro benzene ring substituents is 1. The SMILES string of the molecule is O=C(CCc1ccc(Cl)cc1Cl)N1CCN(S(=O)(=O)c2cccc([N+](=O)[O-])c2)CC1. The van der Waals surface area contributed by atoms with Crippen LogP contribution in [0.4, 0.5) is 5.69 Å². The van der Waals surface area contributed by atoms with Crippen LogP contribution < -0.4 is 0 Å². The Morgan fingerprint density at radius 1 is 1.07 bits per heavy atom. The summed E-state index contributed by atoms with van der Waals surface area (Å²) in [4.78, 5) is 24.3. The highest BCUT2D eigenvalue weighted by atomic mass is 35.5. The first-order valence-electron chi connectivity index (χ1n) is 9.15. The Labute approximate surface area is 184 Å². The lowest BCUT2D eigenvalue weighted by Gasteiger charge is -2.34. The summed E-state index contributed by atoms with van der Waals surface area (Å²) in [6.07, 6.45) is 0.708. The molecule has 8 nitrogen and oxygen atoms in total. The molecule has 2 aromatic rings. The molecule has 1 fully saturated rings. The zero-order valence-electron chi connectivity index (χ0n) is 15.8. The zero-order chi connectivity index (χ0) is 21.9. The molecule has 1 aliphatic heterocycles. The van der Waals surface area contributed by atoms with Gasteiger partial charge >= 0.3 is 0 Å². The maximum absolute atomic E-state index is 12.8. The maximum Gasteiger partial charge on any atom is 0.270 e. The van der Waals surface area contributed by atoms with Crippen LogP contribution in [0, 0.1) is 10.1 Å². The minimum Gasteiger partial charge on any atom is -0.340 e. The summed E-state index contributed by atoms with van der Waals surface area (Å²) in [5.74, 6) is -0.0894. The van der Waals surface area contributed by atoms with Gasteiger partial charge in [-0.15, -0.1) is 0 Å². The molecule has 0 saturated carbocycles. The predicted octanol–water partition coefficient (Wildman–Crippen LogP) is 3.37. The molecule has 0 aliphatic carbocycles.